The molecule has 2 aromatic carbocycles. The summed E-state index contributed by atoms with van der Waals surface area (Å²) in [5.74, 6) is -0.791. The number of nitrogens with zero attached hydrogens (tertiary/aromatic N) is 1. The van der Waals surface area contributed by atoms with E-state index in [1.807, 2.05) is 0 Å². The lowest BCUT2D eigenvalue weighted by atomic mass is 10.1. The van der Waals surface area contributed by atoms with Gasteiger partial charge >= 0.3 is 0 Å². The molecule has 0 atom stereocenters. The SMILES string of the molecule is COc1cc(S(=O)(=O)Nc2ccccc2F)cc(C(=O)N2CCCC2)c1OC. The summed E-state index contributed by atoms with van der Waals surface area (Å²) in [6, 6.07) is 7.89. The Morgan fingerprint density at radius 1 is 1.11 bits per heavy atom. The number of methoxy groups -OCH3 is 2. The Morgan fingerprint density at radius 2 is 1.79 bits per heavy atom. The molecule has 1 heterocycles. The number of para-hydroxylation sites is 1. The average Bonchev–Trinajstić information content (AvgIpc) is 3.22. The third-order valence-electron chi connectivity index (χ3n) is 4.50. The molecule has 1 aliphatic heterocycles. The van der Waals surface area contributed by atoms with Gasteiger partial charge in [0.05, 0.1) is 30.4 Å². The van der Waals surface area contributed by atoms with Crippen LogP contribution >= 0.6 is 0 Å². The first kappa shape index (κ1) is 19.9. The molecule has 3 rings (SSSR count). The second-order valence-electron chi connectivity index (χ2n) is 6.29. The summed E-state index contributed by atoms with van der Waals surface area (Å²) in [7, 11) is -1.44. The van der Waals surface area contributed by atoms with E-state index in [9.17, 15) is 17.6 Å². The second-order valence-corrected chi connectivity index (χ2v) is 7.97. The molecule has 0 bridgehead atoms. The highest BCUT2D eigenvalue weighted by Gasteiger charge is 2.28. The molecule has 1 fully saturated rings. The third-order valence-corrected chi connectivity index (χ3v) is 5.85. The van der Waals surface area contributed by atoms with Crippen LogP contribution in [0.15, 0.2) is 41.3 Å². The molecule has 0 aromatic heterocycles. The van der Waals surface area contributed by atoms with E-state index in [2.05, 4.69) is 4.72 Å². The Kier molecular flexibility index (Phi) is 5.73. The molecule has 0 spiro atoms. The highest BCUT2D eigenvalue weighted by molar-refractivity contribution is 7.92. The number of nitrogens with one attached hydrogen (secondary N) is 1. The van der Waals surface area contributed by atoms with Crippen molar-refractivity contribution in [2.24, 2.45) is 0 Å². The number of ether oxygens (including phenoxy) is 2. The van der Waals surface area contributed by atoms with Crippen LogP contribution in [-0.2, 0) is 10.0 Å². The van der Waals surface area contributed by atoms with Crippen molar-refractivity contribution in [3.63, 3.8) is 0 Å². The van der Waals surface area contributed by atoms with E-state index in [0.717, 1.165) is 18.9 Å². The number of carbonyl (C=O) groups excluding carboxylic acids is 1. The quantitative estimate of drug-likeness (QED) is 0.795. The van der Waals surface area contributed by atoms with E-state index >= 15 is 0 Å². The van der Waals surface area contributed by atoms with Crippen molar-refractivity contribution in [3.8, 4) is 11.5 Å². The van der Waals surface area contributed by atoms with Crippen molar-refractivity contribution in [3.05, 3.63) is 47.8 Å². The number of anilines is 1. The zero-order chi connectivity index (χ0) is 20.3. The molecule has 28 heavy (non-hydrogen) atoms. The van der Waals surface area contributed by atoms with E-state index < -0.39 is 15.8 Å². The largest absolute Gasteiger partial charge is 0.493 e. The molecule has 1 aliphatic rings. The molecule has 0 radical (unpaired) electrons. The Balaban J connectivity index is 2.06. The first-order chi connectivity index (χ1) is 13.4. The Labute approximate surface area is 163 Å². The minimum atomic E-state index is -4.17. The molecule has 0 unspecified atom stereocenters. The summed E-state index contributed by atoms with van der Waals surface area (Å²) in [6.45, 7) is 1.18. The predicted octanol–water partition coefficient (Wildman–Crippen LogP) is 2.88. The van der Waals surface area contributed by atoms with Gasteiger partial charge in [0.1, 0.15) is 5.82 Å². The molecule has 1 saturated heterocycles. The molecule has 2 aromatic rings. The highest BCUT2D eigenvalue weighted by Crippen LogP contribution is 2.36. The molecule has 0 aliphatic carbocycles. The minimum Gasteiger partial charge on any atom is -0.493 e. The summed E-state index contributed by atoms with van der Waals surface area (Å²) < 4.78 is 52.3. The van der Waals surface area contributed by atoms with Gasteiger partial charge in [-0.25, -0.2) is 12.8 Å². The zero-order valence-electron chi connectivity index (χ0n) is 15.6. The Bertz CT molecular complexity index is 988. The summed E-state index contributed by atoms with van der Waals surface area (Å²) in [6.07, 6.45) is 1.77. The molecular formula is C19H21FN2O5S. The summed E-state index contributed by atoms with van der Waals surface area (Å²) in [5.41, 5.74) is -0.109. The van der Waals surface area contributed by atoms with Crippen LogP contribution < -0.4 is 14.2 Å². The number of hydrogen-bond donors (Lipinski definition) is 1. The second kappa shape index (κ2) is 8.05. The number of rotatable bonds is 6. The van der Waals surface area contributed by atoms with E-state index in [4.69, 9.17) is 9.47 Å². The van der Waals surface area contributed by atoms with Crippen molar-refractivity contribution >= 4 is 21.6 Å². The Morgan fingerprint density at radius 3 is 2.39 bits per heavy atom. The van der Waals surface area contributed by atoms with Gasteiger partial charge in [-0.15, -0.1) is 0 Å². The van der Waals surface area contributed by atoms with Crippen molar-refractivity contribution in [2.45, 2.75) is 17.7 Å². The summed E-state index contributed by atoms with van der Waals surface area (Å²) in [4.78, 5) is 14.3. The standard InChI is InChI=1S/C19H21FN2O5S/c1-26-17-12-13(28(24,25)21-16-8-4-3-7-15(16)20)11-14(18(17)27-2)19(23)22-9-5-6-10-22/h3-4,7-8,11-12,21H,5-6,9-10H2,1-2H3. The summed E-state index contributed by atoms with van der Waals surface area (Å²) in [5, 5.41) is 0. The van der Waals surface area contributed by atoms with Crippen molar-refractivity contribution in [1.82, 2.24) is 4.90 Å². The molecule has 150 valence electrons. The lowest BCUT2D eigenvalue weighted by Crippen LogP contribution is -2.28. The van der Waals surface area contributed by atoms with E-state index in [1.165, 1.54) is 44.6 Å². The maximum atomic E-state index is 13.9. The van der Waals surface area contributed by atoms with Crippen molar-refractivity contribution in [2.75, 3.05) is 32.0 Å². The maximum Gasteiger partial charge on any atom is 0.262 e. The maximum absolute atomic E-state index is 13.9. The van der Waals surface area contributed by atoms with E-state index in [-0.39, 0.29) is 33.6 Å². The van der Waals surface area contributed by atoms with Crippen LogP contribution in [0, 0.1) is 5.82 Å². The van der Waals surface area contributed by atoms with Crippen LogP contribution in [0.2, 0.25) is 0 Å². The molecular weight excluding hydrogens is 387 g/mol. The lowest BCUT2D eigenvalue weighted by Gasteiger charge is -2.20. The number of likely N-dealkylation sites (tertiary alicyclic amines) is 1. The molecule has 1 amide bonds. The summed E-state index contributed by atoms with van der Waals surface area (Å²) >= 11 is 0. The van der Waals surface area contributed by atoms with Gasteiger partial charge < -0.3 is 14.4 Å². The lowest BCUT2D eigenvalue weighted by molar-refractivity contribution is 0.0788. The fourth-order valence-electron chi connectivity index (χ4n) is 3.09. The van der Waals surface area contributed by atoms with Gasteiger partial charge in [0.25, 0.3) is 15.9 Å². The Hall–Kier alpha value is -2.81. The number of halogens is 1. The van der Waals surface area contributed by atoms with Gasteiger partial charge in [-0.3, -0.25) is 9.52 Å². The van der Waals surface area contributed by atoms with Crippen LogP contribution in [-0.4, -0.2) is 46.5 Å². The van der Waals surface area contributed by atoms with Crippen LogP contribution in [0.1, 0.15) is 23.2 Å². The third kappa shape index (κ3) is 3.89. The highest BCUT2D eigenvalue weighted by atomic mass is 32.2. The van der Waals surface area contributed by atoms with Gasteiger partial charge in [0, 0.05) is 19.2 Å². The predicted molar refractivity (Wildman–Crippen MR) is 102 cm³/mol. The molecule has 7 nitrogen and oxygen atoms in total. The topological polar surface area (TPSA) is 84.9 Å². The van der Waals surface area contributed by atoms with Crippen LogP contribution in [0.5, 0.6) is 11.5 Å². The first-order valence-electron chi connectivity index (χ1n) is 8.70. The van der Waals surface area contributed by atoms with Gasteiger partial charge in [0.15, 0.2) is 11.5 Å². The van der Waals surface area contributed by atoms with Gasteiger partial charge in [-0.2, -0.15) is 0 Å². The first-order valence-corrected chi connectivity index (χ1v) is 10.2. The van der Waals surface area contributed by atoms with E-state index in [0.29, 0.717) is 13.1 Å². The van der Waals surface area contributed by atoms with Crippen LogP contribution in [0.25, 0.3) is 0 Å². The van der Waals surface area contributed by atoms with Crippen molar-refractivity contribution in [1.29, 1.82) is 0 Å². The molecule has 9 heteroatoms. The number of carbonyl (C=O) groups is 1. The fraction of sp³-hybridized carbons (Fsp3) is 0.316. The number of amides is 1. The normalized spacial score (nSPS) is 14.0. The van der Waals surface area contributed by atoms with Crippen molar-refractivity contribution < 1.29 is 27.1 Å². The van der Waals surface area contributed by atoms with Crippen LogP contribution in [0.3, 0.4) is 0 Å². The van der Waals surface area contributed by atoms with E-state index in [1.54, 1.807) is 4.90 Å². The number of hydrogen-bond acceptors (Lipinski definition) is 5. The number of sulfonamides is 1. The average molecular weight is 408 g/mol. The van der Waals surface area contributed by atoms with Gasteiger partial charge in [0.2, 0.25) is 0 Å². The van der Waals surface area contributed by atoms with Crippen LogP contribution in [0.4, 0.5) is 10.1 Å². The number of benzene rings is 2. The zero-order valence-corrected chi connectivity index (χ0v) is 16.4. The fourth-order valence-corrected chi connectivity index (χ4v) is 4.20. The smallest absolute Gasteiger partial charge is 0.262 e. The molecule has 1 N–H and O–H groups in total. The minimum absolute atomic E-state index is 0.0812. The monoisotopic (exact) mass is 408 g/mol. The van der Waals surface area contributed by atoms with Gasteiger partial charge in [-0.05, 0) is 31.0 Å². The molecule has 0 saturated carbocycles. The van der Waals surface area contributed by atoms with Gasteiger partial charge in [-0.1, -0.05) is 12.1 Å².